The number of thiophene rings is 1. The van der Waals surface area contributed by atoms with Crippen molar-refractivity contribution in [1.82, 2.24) is 10.2 Å². The molecule has 3 aliphatic heterocycles. The number of β-lactam (4-membered cyclic amide) rings is 1. The summed E-state index contributed by atoms with van der Waals surface area (Å²) < 4.78 is 10.7. The topological polar surface area (TPSA) is 88.1 Å². The normalized spacial score (nSPS) is 21.9. The van der Waals surface area contributed by atoms with Gasteiger partial charge in [0, 0.05) is 33.6 Å². The molecule has 3 atom stereocenters. The second kappa shape index (κ2) is 11.8. The Morgan fingerprint density at radius 2 is 1.77 bits per heavy atom. The Bertz CT molecular complexity index is 1500. The molecule has 0 aliphatic carbocycles. The highest BCUT2D eigenvalue weighted by Gasteiger charge is 2.55. The highest BCUT2D eigenvalue weighted by Crippen LogP contribution is 2.46. The minimum absolute atomic E-state index is 0.212. The summed E-state index contributed by atoms with van der Waals surface area (Å²) in [5.74, 6) is -0.591. The Labute approximate surface area is 246 Å². The SMILES string of the molecule is CS1=NC=C(C2=C(C(=O)OC(c3ccccc3)c3ccccc3)N3C(=O)C(NC(=O)Cc4cccs4)C3SC2)S1. The van der Waals surface area contributed by atoms with Gasteiger partial charge in [-0.3, -0.25) is 14.5 Å². The molecule has 204 valence electrons. The third-order valence-corrected chi connectivity index (χ3v) is 11.5. The summed E-state index contributed by atoms with van der Waals surface area (Å²) in [4.78, 5) is 43.6. The van der Waals surface area contributed by atoms with Crippen LogP contribution in [-0.2, 0) is 35.3 Å². The van der Waals surface area contributed by atoms with Gasteiger partial charge in [-0.25, -0.2) is 9.16 Å². The highest BCUT2D eigenvalue weighted by atomic mass is 33.1. The molecule has 3 unspecified atom stereocenters. The molecule has 6 rings (SSSR count). The van der Waals surface area contributed by atoms with Crippen molar-refractivity contribution in [3.63, 3.8) is 0 Å². The number of esters is 1. The molecule has 3 aliphatic rings. The van der Waals surface area contributed by atoms with Crippen molar-refractivity contribution in [3.8, 4) is 0 Å². The summed E-state index contributed by atoms with van der Waals surface area (Å²) in [6.45, 7) is 0. The van der Waals surface area contributed by atoms with Crippen molar-refractivity contribution in [2.75, 3.05) is 12.0 Å². The number of fused-ring (bicyclic) bond motifs is 1. The van der Waals surface area contributed by atoms with E-state index in [2.05, 4.69) is 9.68 Å². The molecule has 7 nitrogen and oxygen atoms in total. The molecule has 0 bridgehead atoms. The summed E-state index contributed by atoms with van der Waals surface area (Å²) in [5, 5.41) is 4.42. The summed E-state index contributed by atoms with van der Waals surface area (Å²) in [7, 11) is 1.33. The van der Waals surface area contributed by atoms with E-state index in [-0.39, 0.29) is 39.0 Å². The van der Waals surface area contributed by atoms with Crippen LogP contribution in [-0.4, -0.2) is 46.1 Å². The van der Waals surface area contributed by atoms with Crippen LogP contribution in [0, 0.1) is 0 Å². The first-order valence-corrected chi connectivity index (χ1v) is 17.4. The van der Waals surface area contributed by atoms with Gasteiger partial charge in [-0.1, -0.05) is 66.7 Å². The van der Waals surface area contributed by atoms with Gasteiger partial charge in [-0.05, 0) is 43.1 Å². The standard InChI is InChI=1S/C29H25N3O4S4/c1-40-30-16-22(39-40)21-17-38-28-24(31-23(33)15-20-13-8-14-37-20)27(34)32(28)25(21)29(35)36-26(18-9-4-2-5-10-18)19-11-6-3-7-12-19/h2-14,16,24,26,28H,15,17H2,1H3,(H,31,33). The van der Waals surface area contributed by atoms with E-state index < -0.39 is 18.1 Å². The molecule has 1 N–H and O–H groups in total. The van der Waals surface area contributed by atoms with E-state index in [1.54, 1.807) is 17.0 Å². The lowest BCUT2D eigenvalue weighted by molar-refractivity contribution is -0.154. The maximum absolute atomic E-state index is 14.0. The first-order valence-electron chi connectivity index (χ1n) is 12.6. The quantitative estimate of drug-likeness (QED) is 0.215. The van der Waals surface area contributed by atoms with Gasteiger partial charge in [-0.2, -0.15) is 0 Å². The fourth-order valence-corrected chi connectivity index (χ4v) is 9.38. The molecule has 11 heteroatoms. The Morgan fingerprint density at radius 1 is 1.07 bits per heavy atom. The second-order valence-electron chi connectivity index (χ2n) is 9.25. The number of allylic oxidation sites excluding steroid dienone is 1. The smallest absolute Gasteiger partial charge is 0.356 e. The van der Waals surface area contributed by atoms with Crippen LogP contribution in [0.2, 0.25) is 0 Å². The zero-order valence-electron chi connectivity index (χ0n) is 21.4. The van der Waals surface area contributed by atoms with Crippen molar-refractivity contribution in [1.29, 1.82) is 0 Å². The average Bonchev–Trinajstić information content (AvgIpc) is 3.66. The summed E-state index contributed by atoms with van der Waals surface area (Å²) in [6.07, 6.45) is 3.37. The lowest BCUT2D eigenvalue weighted by atomic mass is 10.0. The lowest BCUT2D eigenvalue weighted by Crippen LogP contribution is -2.70. The average molecular weight is 608 g/mol. The minimum atomic E-state index is -0.698. The maximum Gasteiger partial charge on any atom is 0.356 e. The molecule has 2 aromatic carbocycles. The molecule has 1 aromatic heterocycles. The predicted octanol–water partition coefficient (Wildman–Crippen LogP) is 5.21. The van der Waals surface area contributed by atoms with Crippen LogP contribution < -0.4 is 5.32 Å². The molecule has 1 saturated heterocycles. The van der Waals surface area contributed by atoms with Crippen LogP contribution in [0.15, 0.2) is 105 Å². The van der Waals surface area contributed by atoms with Gasteiger partial charge in [0.15, 0.2) is 6.10 Å². The van der Waals surface area contributed by atoms with E-state index in [1.165, 1.54) is 28.0 Å². The Kier molecular flexibility index (Phi) is 7.97. The Balaban J connectivity index is 1.29. The van der Waals surface area contributed by atoms with E-state index >= 15 is 0 Å². The van der Waals surface area contributed by atoms with Crippen LogP contribution in [0.25, 0.3) is 0 Å². The molecule has 0 spiro atoms. The van der Waals surface area contributed by atoms with Gasteiger partial charge >= 0.3 is 5.97 Å². The molecule has 0 radical (unpaired) electrons. The van der Waals surface area contributed by atoms with E-state index in [4.69, 9.17) is 4.74 Å². The third kappa shape index (κ3) is 5.43. The van der Waals surface area contributed by atoms with Gasteiger partial charge < -0.3 is 10.1 Å². The summed E-state index contributed by atoms with van der Waals surface area (Å²) >= 11 is 3.04. The lowest BCUT2D eigenvalue weighted by Gasteiger charge is -2.49. The number of nitrogens with one attached hydrogen (secondary N) is 1. The van der Waals surface area contributed by atoms with E-state index in [9.17, 15) is 14.4 Å². The van der Waals surface area contributed by atoms with Crippen LogP contribution >= 0.6 is 33.9 Å². The monoisotopic (exact) mass is 607 g/mol. The fourth-order valence-electron chi connectivity index (χ4n) is 4.76. The number of thioether (sulfide) groups is 1. The number of hydrogen-bond donors (Lipinski definition) is 1. The van der Waals surface area contributed by atoms with Crippen molar-refractivity contribution in [2.45, 2.75) is 23.9 Å². The Morgan fingerprint density at radius 3 is 2.38 bits per heavy atom. The third-order valence-electron chi connectivity index (χ3n) is 6.65. The number of rotatable bonds is 8. The molecular weight excluding hydrogens is 583 g/mol. The number of carbonyl (C=O) groups excluding carboxylic acids is 3. The van der Waals surface area contributed by atoms with Crippen LogP contribution in [0.5, 0.6) is 0 Å². The largest absolute Gasteiger partial charge is 0.448 e. The number of hydrogen-bond acceptors (Lipinski definition) is 8. The van der Waals surface area contributed by atoms with Gasteiger partial charge in [0.05, 0.1) is 6.42 Å². The van der Waals surface area contributed by atoms with Crippen molar-refractivity contribution in [2.24, 2.45) is 4.36 Å². The van der Waals surface area contributed by atoms with E-state index in [0.29, 0.717) is 5.75 Å². The first kappa shape index (κ1) is 27.1. The van der Waals surface area contributed by atoms with Crippen molar-refractivity contribution >= 4 is 61.4 Å². The highest BCUT2D eigenvalue weighted by molar-refractivity contribution is 8.71. The minimum Gasteiger partial charge on any atom is -0.448 e. The van der Waals surface area contributed by atoms with Crippen molar-refractivity contribution in [3.05, 3.63) is 117 Å². The van der Waals surface area contributed by atoms with Crippen LogP contribution in [0.4, 0.5) is 0 Å². The van der Waals surface area contributed by atoms with Crippen LogP contribution in [0.1, 0.15) is 22.1 Å². The van der Waals surface area contributed by atoms with E-state index in [0.717, 1.165) is 26.5 Å². The molecule has 0 saturated carbocycles. The molecule has 1 fully saturated rings. The number of benzene rings is 2. The van der Waals surface area contributed by atoms with Gasteiger partial charge in [0.25, 0.3) is 5.91 Å². The second-order valence-corrected chi connectivity index (χ2v) is 15.0. The van der Waals surface area contributed by atoms with Crippen LogP contribution in [0.3, 0.4) is 0 Å². The number of amides is 2. The number of carbonyl (C=O) groups is 3. The first-order chi connectivity index (χ1) is 19.5. The molecular formula is C29H25N3O4S4. The van der Waals surface area contributed by atoms with Gasteiger partial charge in [-0.15, -0.1) is 23.1 Å². The van der Waals surface area contributed by atoms with E-state index in [1.807, 2.05) is 84.4 Å². The Hall–Kier alpha value is -3.12. The molecule has 3 aromatic rings. The zero-order valence-corrected chi connectivity index (χ0v) is 24.7. The molecule has 2 amide bonds. The summed E-state index contributed by atoms with van der Waals surface area (Å²) in [6, 6.07) is 22.2. The fraction of sp³-hybridized carbons (Fsp3) is 0.207. The maximum atomic E-state index is 14.0. The zero-order chi connectivity index (χ0) is 27.6. The summed E-state index contributed by atoms with van der Waals surface area (Å²) in [5.41, 5.74) is 2.65. The van der Waals surface area contributed by atoms with Gasteiger partial charge in [0.1, 0.15) is 17.1 Å². The van der Waals surface area contributed by atoms with Gasteiger partial charge in [0.2, 0.25) is 5.91 Å². The van der Waals surface area contributed by atoms with Crippen molar-refractivity contribution < 1.29 is 19.1 Å². The predicted molar refractivity (Wildman–Crippen MR) is 162 cm³/mol. The number of nitrogens with zero attached hydrogens (tertiary/aromatic N) is 2. The number of ether oxygens (including phenoxy) is 1. The molecule has 40 heavy (non-hydrogen) atoms. The molecule has 4 heterocycles.